The Labute approximate surface area is 178 Å². The zero-order valence-corrected chi connectivity index (χ0v) is 18.3. The Hall–Kier alpha value is -2.47. The van der Waals surface area contributed by atoms with E-state index in [0.717, 1.165) is 30.8 Å². The molecule has 0 aliphatic carbocycles. The van der Waals surface area contributed by atoms with Crippen LogP contribution in [0.15, 0.2) is 54.6 Å². The highest BCUT2D eigenvalue weighted by Crippen LogP contribution is 2.14. The summed E-state index contributed by atoms with van der Waals surface area (Å²) in [6, 6.07) is 17.9. The molecule has 0 fully saturated rings. The zero-order valence-electron chi connectivity index (χ0n) is 17.5. The summed E-state index contributed by atoms with van der Waals surface area (Å²) in [6.45, 7) is 8.42. The Morgan fingerprint density at radius 1 is 1.07 bits per heavy atom. The molecule has 0 aliphatic rings. The lowest BCUT2D eigenvalue weighted by Gasteiger charge is -2.23. The molecule has 0 heterocycles. The maximum Gasteiger partial charge on any atom is 0.234 e. The third-order valence-electron chi connectivity index (χ3n) is 4.58. The molecule has 2 N–H and O–H groups in total. The summed E-state index contributed by atoms with van der Waals surface area (Å²) in [5, 5.41) is 5.56. The van der Waals surface area contributed by atoms with Crippen molar-refractivity contribution in [3.8, 4) is 0 Å². The van der Waals surface area contributed by atoms with E-state index in [0.29, 0.717) is 6.54 Å². The van der Waals surface area contributed by atoms with Crippen LogP contribution in [-0.2, 0) is 9.59 Å². The molecule has 6 heteroatoms. The van der Waals surface area contributed by atoms with Crippen LogP contribution in [0, 0.1) is 6.92 Å². The predicted molar refractivity (Wildman–Crippen MR) is 124 cm³/mol. The second-order valence-corrected chi connectivity index (χ2v) is 8.26. The number of nitrogens with zero attached hydrogens (tertiary/aromatic N) is 1. The number of para-hydroxylation sites is 1. The number of thioether (sulfide) groups is 1. The minimum absolute atomic E-state index is 0.0269. The van der Waals surface area contributed by atoms with Gasteiger partial charge in [-0.15, -0.1) is 11.8 Å². The fourth-order valence-corrected chi connectivity index (χ4v) is 3.55. The molecule has 2 amide bonds. The molecular weight excluding hydrogens is 382 g/mol. The maximum absolute atomic E-state index is 12.3. The summed E-state index contributed by atoms with van der Waals surface area (Å²) in [5.74, 6) is 0.126. The van der Waals surface area contributed by atoms with Crippen LogP contribution in [0.1, 0.15) is 25.8 Å². The van der Waals surface area contributed by atoms with Crippen molar-refractivity contribution in [3.05, 3.63) is 60.2 Å². The molecule has 2 aromatic carbocycles. The van der Waals surface area contributed by atoms with E-state index in [-0.39, 0.29) is 22.8 Å². The van der Waals surface area contributed by atoms with E-state index in [1.807, 2.05) is 56.3 Å². The van der Waals surface area contributed by atoms with Crippen LogP contribution >= 0.6 is 11.8 Å². The molecule has 2 rings (SSSR count). The molecule has 0 bridgehead atoms. The summed E-state index contributed by atoms with van der Waals surface area (Å²) < 4.78 is 0. The molecule has 0 radical (unpaired) electrons. The smallest absolute Gasteiger partial charge is 0.234 e. The Morgan fingerprint density at radius 2 is 1.76 bits per heavy atom. The van der Waals surface area contributed by atoms with Gasteiger partial charge in [-0.2, -0.15) is 0 Å². The molecule has 156 valence electrons. The molecule has 5 nitrogen and oxygen atoms in total. The molecular formula is C23H31N3O2S. The fourth-order valence-electron chi connectivity index (χ4n) is 2.84. The first-order chi connectivity index (χ1) is 14.0. The lowest BCUT2D eigenvalue weighted by molar-refractivity contribution is -0.120. The highest BCUT2D eigenvalue weighted by Gasteiger charge is 2.15. The molecule has 29 heavy (non-hydrogen) atoms. The average molecular weight is 414 g/mol. The molecule has 0 spiro atoms. The number of rotatable bonds is 11. The zero-order chi connectivity index (χ0) is 21.1. The maximum atomic E-state index is 12.3. The predicted octanol–water partition coefficient (Wildman–Crippen LogP) is 4.09. The van der Waals surface area contributed by atoms with Gasteiger partial charge in [-0.1, -0.05) is 35.9 Å². The van der Waals surface area contributed by atoms with Gasteiger partial charge in [0.05, 0.1) is 11.0 Å². The van der Waals surface area contributed by atoms with E-state index in [1.54, 1.807) is 0 Å². The van der Waals surface area contributed by atoms with E-state index in [9.17, 15) is 9.59 Å². The van der Waals surface area contributed by atoms with Crippen molar-refractivity contribution in [1.29, 1.82) is 0 Å². The third-order valence-corrected chi connectivity index (χ3v) is 5.72. The molecule has 0 aromatic heterocycles. The number of carbonyl (C=O) groups excluding carboxylic acids is 2. The van der Waals surface area contributed by atoms with E-state index < -0.39 is 0 Å². The van der Waals surface area contributed by atoms with Crippen LogP contribution in [0.2, 0.25) is 0 Å². The topological polar surface area (TPSA) is 61.4 Å². The van der Waals surface area contributed by atoms with E-state index in [2.05, 4.69) is 34.6 Å². The average Bonchev–Trinajstić information content (AvgIpc) is 2.74. The summed E-state index contributed by atoms with van der Waals surface area (Å²) in [4.78, 5) is 26.6. The SMILES string of the molecule is CCN(CCCNC(=O)C(C)SCC(=O)Nc1ccc(C)cc1)c1ccccc1. The Bertz CT molecular complexity index is 765. The fraction of sp³-hybridized carbons (Fsp3) is 0.391. The van der Waals surface area contributed by atoms with Crippen LogP contribution in [-0.4, -0.2) is 42.5 Å². The van der Waals surface area contributed by atoms with Gasteiger partial charge in [0.1, 0.15) is 0 Å². The van der Waals surface area contributed by atoms with E-state index in [1.165, 1.54) is 17.4 Å². The van der Waals surface area contributed by atoms with Gasteiger partial charge in [-0.25, -0.2) is 0 Å². The number of carbonyl (C=O) groups is 2. The molecule has 0 saturated heterocycles. The number of nitrogens with one attached hydrogen (secondary N) is 2. The van der Waals surface area contributed by atoms with Gasteiger partial charge in [0.15, 0.2) is 0 Å². The van der Waals surface area contributed by atoms with Gasteiger partial charge >= 0.3 is 0 Å². The molecule has 1 unspecified atom stereocenters. The van der Waals surface area contributed by atoms with Gasteiger partial charge in [0, 0.05) is 31.0 Å². The first-order valence-electron chi connectivity index (χ1n) is 10.1. The molecule has 1 atom stereocenters. The summed E-state index contributed by atoms with van der Waals surface area (Å²) in [6.07, 6.45) is 0.875. The minimum atomic E-state index is -0.268. The van der Waals surface area contributed by atoms with Crippen molar-refractivity contribution in [2.45, 2.75) is 32.4 Å². The van der Waals surface area contributed by atoms with Crippen LogP contribution in [0.5, 0.6) is 0 Å². The second-order valence-electron chi connectivity index (χ2n) is 6.93. The first-order valence-corrected chi connectivity index (χ1v) is 11.1. The monoisotopic (exact) mass is 413 g/mol. The Morgan fingerprint density at radius 3 is 2.41 bits per heavy atom. The number of amides is 2. The normalized spacial score (nSPS) is 11.6. The summed E-state index contributed by atoms with van der Waals surface area (Å²) in [5.41, 5.74) is 3.12. The van der Waals surface area contributed by atoms with Crippen molar-refractivity contribution in [2.24, 2.45) is 0 Å². The van der Waals surface area contributed by atoms with Crippen LogP contribution in [0.4, 0.5) is 11.4 Å². The standard InChI is InChI=1S/C23H31N3O2S/c1-4-26(21-9-6-5-7-10-21)16-8-15-24-23(28)19(3)29-17-22(27)25-20-13-11-18(2)12-14-20/h5-7,9-14,19H,4,8,15-17H2,1-3H3,(H,24,28)(H,25,27). The number of anilines is 2. The quantitative estimate of drug-likeness (QED) is 0.545. The van der Waals surface area contributed by atoms with E-state index >= 15 is 0 Å². The molecule has 0 aliphatic heterocycles. The largest absolute Gasteiger partial charge is 0.372 e. The van der Waals surface area contributed by atoms with Gasteiger partial charge in [-0.05, 0) is 51.5 Å². The molecule has 2 aromatic rings. The van der Waals surface area contributed by atoms with Crippen molar-refractivity contribution >= 4 is 35.0 Å². The molecule has 0 saturated carbocycles. The van der Waals surface area contributed by atoms with Gasteiger partial charge < -0.3 is 15.5 Å². The lowest BCUT2D eigenvalue weighted by atomic mass is 10.2. The Balaban J connectivity index is 1.64. The van der Waals surface area contributed by atoms with Gasteiger partial charge in [-0.3, -0.25) is 9.59 Å². The van der Waals surface area contributed by atoms with Crippen molar-refractivity contribution in [2.75, 3.05) is 35.6 Å². The Kier molecular flexibility index (Phi) is 9.57. The van der Waals surface area contributed by atoms with Gasteiger partial charge in [0.25, 0.3) is 0 Å². The van der Waals surface area contributed by atoms with Crippen molar-refractivity contribution in [1.82, 2.24) is 5.32 Å². The van der Waals surface area contributed by atoms with E-state index in [4.69, 9.17) is 0 Å². The van der Waals surface area contributed by atoms with Crippen molar-refractivity contribution in [3.63, 3.8) is 0 Å². The number of hydrogen-bond donors (Lipinski definition) is 2. The first kappa shape index (κ1) is 22.8. The highest BCUT2D eigenvalue weighted by molar-refractivity contribution is 8.01. The third kappa shape index (κ3) is 8.20. The van der Waals surface area contributed by atoms with Crippen molar-refractivity contribution < 1.29 is 9.59 Å². The van der Waals surface area contributed by atoms with Crippen LogP contribution < -0.4 is 15.5 Å². The second kappa shape index (κ2) is 12.2. The highest BCUT2D eigenvalue weighted by atomic mass is 32.2. The van der Waals surface area contributed by atoms with Crippen LogP contribution in [0.25, 0.3) is 0 Å². The summed E-state index contributed by atoms with van der Waals surface area (Å²) in [7, 11) is 0. The minimum Gasteiger partial charge on any atom is -0.372 e. The number of benzene rings is 2. The summed E-state index contributed by atoms with van der Waals surface area (Å²) >= 11 is 1.35. The lowest BCUT2D eigenvalue weighted by Crippen LogP contribution is -2.34. The number of aryl methyl sites for hydroxylation is 1. The van der Waals surface area contributed by atoms with Gasteiger partial charge in [0.2, 0.25) is 11.8 Å². The number of hydrogen-bond acceptors (Lipinski definition) is 4. The van der Waals surface area contributed by atoms with Crippen LogP contribution in [0.3, 0.4) is 0 Å².